The number of rotatable bonds is 4. The van der Waals surface area contributed by atoms with Crippen LogP contribution >= 0.6 is 0 Å². The maximum absolute atomic E-state index is 13.0. The predicted octanol–water partition coefficient (Wildman–Crippen LogP) is 0.525. The van der Waals surface area contributed by atoms with Gasteiger partial charge in [0.15, 0.2) is 0 Å². The fraction of sp³-hybridized carbons (Fsp3) is 0.450. The first-order valence-corrected chi connectivity index (χ1v) is 9.28. The average Bonchev–Trinajstić information content (AvgIpc) is 3.15. The molecule has 1 aromatic carbocycles. The first-order chi connectivity index (χ1) is 13.1. The van der Waals surface area contributed by atoms with Crippen molar-refractivity contribution in [2.45, 2.75) is 24.6 Å². The third-order valence-electron chi connectivity index (χ3n) is 5.54. The first kappa shape index (κ1) is 17.7. The zero-order chi connectivity index (χ0) is 19.0. The summed E-state index contributed by atoms with van der Waals surface area (Å²) < 4.78 is 5.66. The van der Waals surface area contributed by atoms with Gasteiger partial charge in [-0.2, -0.15) is 0 Å². The number of ether oxygens (including phenoxy) is 1. The molecule has 0 unspecified atom stereocenters. The van der Waals surface area contributed by atoms with Crippen LogP contribution in [-0.2, 0) is 14.3 Å². The highest BCUT2D eigenvalue weighted by atomic mass is 16.5. The lowest BCUT2D eigenvalue weighted by molar-refractivity contribution is -0.162. The number of carbonyl (C=O) groups excluding carboxylic acids is 3. The van der Waals surface area contributed by atoms with Crippen LogP contribution in [0.2, 0.25) is 0 Å². The van der Waals surface area contributed by atoms with Crippen LogP contribution in [0.1, 0.15) is 16.8 Å². The number of hydrogen-bond acceptors (Lipinski definition) is 4. The van der Waals surface area contributed by atoms with Crippen LogP contribution < -0.4 is 0 Å². The summed E-state index contributed by atoms with van der Waals surface area (Å²) >= 11 is 0. The Kier molecular flexibility index (Phi) is 4.70. The summed E-state index contributed by atoms with van der Waals surface area (Å²) in [7, 11) is 0. The molecule has 3 aliphatic heterocycles. The predicted molar refractivity (Wildman–Crippen MR) is 97.9 cm³/mol. The van der Waals surface area contributed by atoms with Gasteiger partial charge in [0.1, 0.15) is 12.1 Å². The summed E-state index contributed by atoms with van der Waals surface area (Å²) in [5, 5.41) is 0. The van der Waals surface area contributed by atoms with E-state index in [0.29, 0.717) is 38.2 Å². The molecule has 1 aromatic rings. The maximum atomic E-state index is 13.0. The number of piperazine rings is 2. The average molecular weight is 369 g/mol. The molecular weight excluding hydrogens is 346 g/mol. The van der Waals surface area contributed by atoms with Gasteiger partial charge in [-0.15, -0.1) is 6.58 Å². The summed E-state index contributed by atoms with van der Waals surface area (Å²) in [6.45, 7) is 5.51. The largest absolute Gasteiger partial charge is 0.372 e. The Morgan fingerprint density at radius 3 is 2.56 bits per heavy atom. The molecule has 0 aliphatic carbocycles. The van der Waals surface area contributed by atoms with Crippen LogP contribution in [0.4, 0.5) is 0 Å². The van der Waals surface area contributed by atoms with Crippen molar-refractivity contribution >= 4 is 17.7 Å². The molecule has 0 radical (unpaired) electrons. The summed E-state index contributed by atoms with van der Waals surface area (Å²) in [4.78, 5) is 43.6. The molecule has 3 heterocycles. The number of amides is 3. The summed E-state index contributed by atoms with van der Waals surface area (Å²) in [6.07, 6.45) is 2.04. The van der Waals surface area contributed by atoms with Crippen molar-refractivity contribution in [3.63, 3.8) is 0 Å². The van der Waals surface area contributed by atoms with Crippen LogP contribution in [0.25, 0.3) is 0 Å². The van der Waals surface area contributed by atoms with Gasteiger partial charge in [0.2, 0.25) is 11.8 Å². The highest BCUT2D eigenvalue weighted by molar-refractivity contribution is 5.99. The minimum Gasteiger partial charge on any atom is -0.372 e. The van der Waals surface area contributed by atoms with E-state index in [9.17, 15) is 14.4 Å². The molecule has 0 spiro atoms. The minimum atomic E-state index is -0.603. The Hall–Kier alpha value is -2.67. The lowest BCUT2D eigenvalue weighted by Gasteiger charge is -2.47. The second-order valence-corrected chi connectivity index (χ2v) is 7.15. The highest BCUT2D eigenvalue weighted by Gasteiger charge is 2.52. The van der Waals surface area contributed by atoms with E-state index < -0.39 is 12.1 Å². The minimum absolute atomic E-state index is 0.0314. The SMILES string of the molecule is C=CCO[C@H]1C[C@@H]2C(=O)N3CCN(C(=O)c4ccccc4)C[C@H]3C(=O)N2C1. The normalized spacial score (nSPS) is 27.4. The molecule has 3 amide bonds. The number of nitrogens with zero attached hydrogens (tertiary/aromatic N) is 3. The standard InChI is InChI=1S/C20H23N3O4/c1-2-10-27-15-11-16-19(25)22-9-8-21(13-17(22)20(26)23(16)12-15)18(24)14-6-4-3-5-7-14/h2-7,15-17H,1,8-13H2/t15-,16+,17-/m0/s1. The Balaban J connectivity index is 1.49. The van der Waals surface area contributed by atoms with E-state index >= 15 is 0 Å². The van der Waals surface area contributed by atoms with Crippen molar-refractivity contribution in [3.05, 3.63) is 48.6 Å². The molecule has 142 valence electrons. The van der Waals surface area contributed by atoms with Gasteiger partial charge >= 0.3 is 0 Å². The van der Waals surface area contributed by atoms with Crippen LogP contribution in [0.3, 0.4) is 0 Å². The highest BCUT2D eigenvalue weighted by Crippen LogP contribution is 2.30. The Bertz CT molecular complexity index is 766. The molecule has 3 aliphatic rings. The van der Waals surface area contributed by atoms with E-state index in [1.165, 1.54) is 0 Å². The molecular formula is C20H23N3O4. The van der Waals surface area contributed by atoms with Crippen molar-refractivity contribution < 1.29 is 19.1 Å². The third-order valence-corrected chi connectivity index (χ3v) is 5.54. The molecule has 0 saturated carbocycles. The zero-order valence-corrected chi connectivity index (χ0v) is 15.1. The first-order valence-electron chi connectivity index (χ1n) is 9.28. The lowest BCUT2D eigenvalue weighted by atomic mass is 10.0. The van der Waals surface area contributed by atoms with Crippen molar-refractivity contribution in [2.75, 3.05) is 32.8 Å². The van der Waals surface area contributed by atoms with Crippen LogP contribution in [0.15, 0.2) is 43.0 Å². The van der Waals surface area contributed by atoms with Gasteiger partial charge < -0.3 is 19.4 Å². The smallest absolute Gasteiger partial charge is 0.253 e. The van der Waals surface area contributed by atoms with Crippen LogP contribution in [0, 0.1) is 0 Å². The van der Waals surface area contributed by atoms with Crippen LogP contribution in [-0.4, -0.2) is 83.4 Å². The summed E-state index contributed by atoms with van der Waals surface area (Å²) in [5.41, 5.74) is 0.595. The topological polar surface area (TPSA) is 70.2 Å². The number of hydrogen-bond donors (Lipinski definition) is 0. The van der Waals surface area contributed by atoms with E-state index in [-0.39, 0.29) is 30.4 Å². The van der Waals surface area contributed by atoms with E-state index in [4.69, 9.17) is 4.74 Å². The third kappa shape index (κ3) is 3.12. The Labute approximate surface area is 158 Å². The van der Waals surface area contributed by atoms with Gasteiger partial charge in [0, 0.05) is 31.6 Å². The van der Waals surface area contributed by atoms with Gasteiger partial charge in [0.05, 0.1) is 19.3 Å². The fourth-order valence-corrected chi connectivity index (χ4v) is 4.19. The Morgan fingerprint density at radius 1 is 1.07 bits per heavy atom. The molecule has 3 fully saturated rings. The molecule has 0 aromatic heterocycles. The number of carbonyl (C=O) groups is 3. The monoisotopic (exact) mass is 369 g/mol. The second kappa shape index (κ2) is 7.15. The van der Waals surface area contributed by atoms with Crippen molar-refractivity contribution in [3.8, 4) is 0 Å². The number of benzene rings is 1. The van der Waals surface area contributed by atoms with Crippen molar-refractivity contribution in [2.24, 2.45) is 0 Å². The molecule has 7 heteroatoms. The molecule has 7 nitrogen and oxygen atoms in total. The molecule has 0 N–H and O–H groups in total. The quantitative estimate of drug-likeness (QED) is 0.726. The van der Waals surface area contributed by atoms with E-state index in [0.717, 1.165) is 0 Å². The fourth-order valence-electron chi connectivity index (χ4n) is 4.19. The van der Waals surface area contributed by atoms with Gasteiger partial charge in [-0.1, -0.05) is 24.3 Å². The van der Waals surface area contributed by atoms with Crippen molar-refractivity contribution in [1.29, 1.82) is 0 Å². The lowest BCUT2D eigenvalue weighted by Crippen LogP contribution is -2.69. The van der Waals surface area contributed by atoms with E-state index in [1.54, 1.807) is 32.9 Å². The van der Waals surface area contributed by atoms with Gasteiger partial charge in [-0.3, -0.25) is 14.4 Å². The zero-order valence-electron chi connectivity index (χ0n) is 15.1. The Morgan fingerprint density at radius 2 is 1.81 bits per heavy atom. The van der Waals surface area contributed by atoms with Gasteiger partial charge in [-0.25, -0.2) is 0 Å². The van der Waals surface area contributed by atoms with Crippen LogP contribution in [0.5, 0.6) is 0 Å². The summed E-state index contributed by atoms with van der Waals surface area (Å²) in [6, 6.07) is 7.97. The molecule has 4 rings (SSSR count). The molecule has 3 atom stereocenters. The molecule has 3 saturated heterocycles. The molecule has 27 heavy (non-hydrogen) atoms. The molecule has 0 bridgehead atoms. The van der Waals surface area contributed by atoms with E-state index in [2.05, 4.69) is 6.58 Å². The maximum Gasteiger partial charge on any atom is 0.253 e. The summed E-state index contributed by atoms with van der Waals surface area (Å²) in [5.74, 6) is -0.225. The number of fused-ring (bicyclic) bond motifs is 2. The van der Waals surface area contributed by atoms with Crippen molar-refractivity contribution in [1.82, 2.24) is 14.7 Å². The second-order valence-electron chi connectivity index (χ2n) is 7.15. The van der Waals surface area contributed by atoms with E-state index in [1.807, 2.05) is 18.2 Å². The van der Waals surface area contributed by atoms with Gasteiger partial charge in [0.25, 0.3) is 5.91 Å². The van der Waals surface area contributed by atoms with Gasteiger partial charge in [-0.05, 0) is 12.1 Å².